The Morgan fingerprint density at radius 2 is 1.74 bits per heavy atom. The van der Waals surface area contributed by atoms with E-state index in [1.54, 1.807) is 12.1 Å². The van der Waals surface area contributed by atoms with Crippen LogP contribution >= 0.6 is 23.2 Å². The molecule has 2 heterocycles. The van der Waals surface area contributed by atoms with Gasteiger partial charge in [0.1, 0.15) is 5.82 Å². The number of benzene rings is 2. The van der Waals surface area contributed by atoms with Crippen LogP contribution in [0.3, 0.4) is 0 Å². The Bertz CT molecular complexity index is 1170. The molecule has 2 aliphatic heterocycles. The molecule has 0 radical (unpaired) electrons. The number of rotatable bonds is 6. The Balaban J connectivity index is 1.57. The first-order valence-corrected chi connectivity index (χ1v) is 13.5. The maximum atomic E-state index is 13.4. The predicted octanol–water partition coefficient (Wildman–Crippen LogP) is 4.66. The van der Waals surface area contributed by atoms with Crippen molar-refractivity contribution in [3.8, 4) is 0 Å². The second-order valence-electron chi connectivity index (χ2n) is 9.39. The standard InChI is InChI=1S/C24H28Cl2FN3O3S/c1-16(2)13-22-23(31)30(15-17-3-5-18(27)6-4-17)24(28-22)9-11-29(12-10-24)34(32,33)19-7-8-20(25)21(26)14-19/h3-8,14,16,22,28H,9-13,15H2,1-2H3/t22-/m0/s1. The van der Waals surface area contributed by atoms with Crippen molar-refractivity contribution < 1.29 is 17.6 Å². The Hall–Kier alpha value is -1.71. The largest absolute Gasteiger partial charge is 0.319 e. The molecule has 0 aliphatic carbocycles. The van der Waals surface area contributed by atoms with Gasteiger partial charge in [0.05, 0.1) is 26.6 Å². The van der Waals surface area contributed by atoms with E-state index in [1.165, 1.54) is 34.6 Å². The van der Waals surface area contributed by atoms with E-state index in [4.69, 9.17) is 23.2 Å². The SMILES string of the molecule is CC(C)C[C@@H]1NC2(CCN(S(=O)(=O)c3ccc(Cl)c(Cl)c3)CC2)N(Cc2ccc(F)cc2)C1=O. The lowest BCUT2D eigenvalue weighted by molar-refractivity contribution is -0.134. The molecule has 34 heavy (non-hydrogen) atoms. The number of nitrogens with zero attached hydrogens (tertiary/aromatic N) is 2. The molecule has 2 aromatic rings. The number of nitrogens with one attached hydrogen (secondary N) is 1. The fourth-order valence-corrected chi connectivity index (χ4v) is 6.62. The summed E-state index contributed by atoms with van der Waals surface area (Å²) in [5, 5.41) is 4.01. The summed E-state index contributed by atoms with van der Waals surface area (Å²) in [6.07, 6.45) is 1.57. The van der Waals surface area contributed by atoms with Gasteiger partial charge in [0.15, 0.2) is 0 Å². The van der Waals surface area contributed by atoms with Crippen molar-refractivity contribution >= 4 is 39.1 Å². The number of piperidine rings is 1. The summed E-state index contributed by atoms with van der Waals surface area (Å²) in [5.74, 6) is -0.0129. The van der Waals surface area contributed by atoms with Gasteiger partial charge in [0, 0.05) is 19.6 Å². The quantitative estimate of drug-likeness (QED) is 0.593. The minimum absolute atomic E-state index is 0.00110. The highest BCUT2D eigenvalue weighted by atomic mass is 35.5. The topological polar surface area (TPSA) is 69.7 Å². The van der Waals surface area contributed by atoms with Crippen molar-refractivity contribution in [2.75, 3.05) is 13.1 Å². The highest BCUT2D eigenvalue weighted by Crippen LogP contribution is 2.37. The van der Waals surface area contributed by atoms with Crippen molar-refractivity contribution in [2.45, 2.75) is 56.3 Å². The lowest BCUT2D eigenvalue weighted by atomic mass is 9.96. The molecule has 10 heteroatoms. The van der Waals surface area contributed by atoms with E-state index in [9.17, 15) is 17.6 Å². The fourth-order valence-electron chi connectivity index (χ4n) is 4.79. The van der Waals surface area contributed by atoms with Crippen molar-refractivity contribution in [1.29, 1.82) is 0 Å². The molecule has 2 aromatic carbocycles. The number of hydrogen-bond acceptors (Lipinski definition) is 4. The van der Waals surface area contributed by atoms with Crippen LogP contribution in [0.15, 0.2) is 47.4 Å². The van der Waals surface area contributed by atoms with E-state index < -0.39 is 15.7 Å². The molecule has 6 nitrogen and oxygen atoms in total. The molecule has 1 atom stereocenters. The van der Waals surface area contributed by atoms with Gasteiger partial charge in [-0.25, -0.2) is 12.8 Å². The summed E-state index contributed by atoms with van der Waals surface area (Å²) in [6, 6.07) is 10.1. The lowest BCUT2D eigenvalue weighted by Gasteiger charge is -2.44. The average Bonchev–Trinajstić information content (AvgIpc) is 3.02. The second kappa shape index (κ2) is 9.74. The summed E-state index contributed by atoms with van der Waals surface area (Å²) < 4.78 is 41.3. The van der Waals surface area contributed by atoms with Gasteiger partial charge in [-0.05, 0) is 61.1 Å². The number of sulfonamides is 1. The maximum absolute atomic E-state index is 13.4. The predicted molar refractivity (Wildman–Crippen MR) is 131 cm³/mol. The molecule has 2 saturated heterocycles. The summed E-state index contributed by atoms with van der Waals surface area (Å²) >= 11 is 12.0. The molecular weight excluding hydrogens is 500 g/mol. The van der Waals surface area contributed by atoms with Crippen molar-refractivity contribution in [3.05, 3.63) is 63.9 Å². The number of carbonyl (C=O) groups is 1. The summed E-state index contributed by atoms with van der Waals surface area (Å²) in [4.78, 5) is 15.3. The first-order chi connectivity index (χ1) is 16.0. The Morgan fingerprint density at radius 1 is 1.09 bits per heavy atom. The highest BCUT2D eigenvalue weighted by molar-refractivity contribution is 7.89. The second-order valence-corrected chi connectivity index (χ2v) is 12.1. The van der Waals surface area contributed by atoms with Crippen molar-refractivity contribution in [3.63, 3.8) is 0 Å². The van der Waals surface area contributed by atoms with E-state index in [2.05, 4.69) is 19.2 Å². The monoisotopic (exact) mass is 527 g/mol. The van der Waals surface area contributed by atoms with E-state index in [0.717, 1.165) is 5.56 Å². The lowest BCUT2D eigenvalue weighted by Crippen LogP contribution is -2.59. The van der Waals surface area contributed by atoms with Crippen LogP contribution in [0.25, 0.3) is 0 Å². The zero-order valence-electron chi connectivity index (χ0n) is 19.1. The van der Waals surface area contributed by atoms with Crippen LogP contribution in [-0.4, -0.2) is 48.3 Å². The molecule has 184 valence electrons. The number of hydrogen-bond donors (Lipinski definition) is 1. The normalized spacial score (nSPS) is 21.1. The molecule has 2 aliphatic rings. The van der Waals surface area contributed by atoms with Gasteiger partial charge < -0.3 is 4.90 Å². The molecule has 0 saturated carbocycles. The minimum atomic E-state index is -3.76. The summed E-state index contributed by atoms with van der Waals surface area (Å²) in [5.41, 5.74) is 0.168. The van der Waals surface area contributed by atoms with Gasteiger partial charge in [-0.3, -0.25) is 10.1 Å². The van der Waals surface area contributed by atoms with Gasteiger partial charge in [0.2, 0.25) is 15.9 Å². The number of halogens is 3. The minimum Gasteiger partial charge on any atom is -0.319 e. The highest BCUT2D eigenvalue weighted by Gasteiger charge is 2.52. The average molecular weight is 528 g/mol. The molecule has 1 amide bonds. The first-order valence-electron chi connectivity index (χ1n) is 11.3. The Morgan fingerprint density at radius 3 is 2.32 bits per heavy atom. The third-order valence-electron chi connectivity index (χ3n) is 6.56. The molecule has 0 aromatic heterocycles. The first kappa shape index (κ1) is 25.4. The summed E-state index contributed by atoms with van der Waals surface area (Å²) in [7, 11) is -3.76. The fraction of sp³-hybridized carbons (Fsp3) is 0.458. The van der Waals surface area contributed by atoms with Crippen LogP contribution in [0.1, 0.15) is 38.7 Å². The zero-order chi connectivity index (χ0) is 24.7. The third-order valence-corrected chi connectivity index (χ3v) is 9.20. The van der Waals surface area contributed by atoms with Gasteiger partial charge in [-0.15, -0.1) is 0 Å². The number of amides is 1. The van der Waals surface area contributed by atoms with E-state index in [0.29, 0.717) is 36.7 Å². The zero-order valence-corrected chi connectivity index (χ0v) is 21.4. The molecule has 1 spiro atoms. The molecule has 0 bridgehead atoms. The Kier molecular flexibility index (Phi) is 7.27. The molecular formula is C24H28Cl2FN3O3S. The van der Waals surface area contributed by atoms with Crippen molar-refractivity contribution in [2.24, 2.45) is 5.92 Å². The molecule has 2 fully saturated rings. The van der Waals surface area contributed by atoms with E-state index in [-0.39, 0.29) is 40.8 Å². The Labute approximate surface area is 210 Å². The van der Waals surface area contributed by atoms with Crippen LogP contribution < -0.4 is 5.32 Å². The van der Waals surface area contributed by atoms with Crippen LogP contribution in [0.4, 0.5) is 4.39 Å². The smallest absolute Gasteiger partial charge is 0.243 e. The van der Waals surface area contributed by atoms with Gasteiger partial charge in [-0.1, -0.05) is 49.2 Å². The van der Waals surface area contributed by atoms with Crippen LogP contribution in [0.5, 0.6) is 0 Å². The van der Waals surface area contributed by atoms with E-state index in [1.807, 2.05) is 4.90 Å². The van der Waals surface area contributed by atoms with Crippen molar-refractivity contribution in [1.82, 2.24) is 14.5 Å². The van der Waals surface area contributed by atoms with Gasteiger partial charge in [0.25, 0.3) is 0 Å². The van der Waals surface area contributed by atoms with Crippen LogP contribution in [0.2, 0.25) is 10.0 Å². The maximum Gasteiger partial charge on any atom is 0.243 e. The van der Waals surface area contributed by atoms with Crippen LogP contribution in [-0.2, 0) is 21.4 Å². The van der Waals surface area contributed by atoms with Gasteiger partial charge >= 0.3 is 0 Å². The summed E-state index contributed by atoms with van der Waals surface area (Å²) in [6.45, 7) is 4.96. The molecule has 0 unspecified atom stereocenters. The number of carbonyl (C=O) groups excluding carboxylic acids is 1. The molecule has 1 N–H and O–H groups in total. The molecule has 4 rings (SSSR count). The van der Waals surface area contributed by atoms with E-state index >= 15 is 0 Å². The van der Waals surface area contributed by atoms with Gasteiger partial charge in [-0.2, -0.15) is 4.31 Å². The third kappa shape index (κ3) is 4.97. The van der Waals surface area contributed by atoms with Crippen LogP contribution in [0, 0.1) is 11.7 Å².